The minimum Gasteiger partial charge on any atom is -0.481 e. The van der Waals surface area contributed by atoms with E-state index in [1.165, 1.54) is 5.41 Å². The SMILES string of the molecule is O=C(O)C[SH]1C=CC(C(F)(F)F)=C1. The van der Waals surface area contributed by atoms with Gasteiger partial charge in [0.05, 0.1) is 11.3 Å². The van der Waals surface area contributed by atoms with Gasteiger partial charge in [0.2, 0.25) is 0 Å². The summed E-state index contributed by atoms with van der Waals surface area (Å²) in [6, 6.07) is 0. The van der Waals surface area contributed by atoms with Crippen molar-refractivity contribution in [2.24, 2.45) is 0 Å². The maximum absolute atomic E-state index is 12.0. The van der Waals surface area contributed by atoms with Crippen molar-refractivity contribution in [1.29, 1.82) is 0 Å². The van der Waals surface area contributed by atoms with Crippen molar-refractivity contribution in [3.63, 3.8) is 0 Å². The Balaban J connectivity index is 2.66. The van der Waals surface area contributed by atoms with E-state index in [0.29, 0.717) is 0 Å². The molecule has 6 heteroatoms. The highest BCUT2D eigenvalue weighted by molar-refractivity contribution is 8.22. The average Bonchev–Trinajstić information content (AvgIpc) is 2.32. The van der Waals surface area contributed by atoms with Crippen molar-refractivity contribution >= 4 is 16.9 Å². The van der Waals surface area contributed by atoms with Gasteiger partial charge in [-0.15, -0.1) is 0 Å². The van der Waals surface area contributed by atoms with Gasteiger partial charge in [-0.1, -0.05) is 0 Å². The van der Waals surface area contributed by atoms with Gasteiger partial charge >= 0.3 is 12.1 Å². The summed E-state index contributed by atoms with van der Waals surface area (Å²) in [6.45, 7) is 0. The Morgan fingerprint density at radius 1 is 1.54 bits per heavy atom. The van der Waals surface area contributed by atoms with E-state index in [1.807, 2.05) is 0 Å². The molecule has 74 valence electrons. The van der Waals surface area contributed by atoms with Crippen LogP contribution in [0.15, 0.2) is 22.5 Å². The number of allylic oxidation sites excluding steroid dienone is 2. The molecule has 1 rings (SSSR count). The molecule has 1 unspecified atom stereocenters. The molecule has 13 heavy (non-hydrogen) atoms. The van der Waals surface area contributed by atoms with Crippen LogP contribution in [0.4, 0.5) is 13.2 Å². The van der Waals surface area contributed by atoms with Gasteiger partial charge in [0.1, 0.15) is 0 Å². The van der Waals surface area contributed by atoms with Crippen LogP contribution in [0.5, 0.6) is 0 Å². The number of hydrogen-bond donors (Lipinski definition) is 2. The van der Waals surface area contributed by atoms with E-state index in [2.05, 4.69) is 0 Å². The number of carboxylic acid groups (broad SMARTS) is 1. The number of rotatable bonds is 2. The lowest BCUT2D eigenvalue weighted by Crippen LogP contribution is -2.08. The van der Waals surface area contributed by atoms with Gasteiger partial charge in [0.25, 0.3) is 0 Å². The largest absolute Gasteiger partial charge is 0.481 e. The zero-order valence-corrected chi connectivity index (χ0v) is 7.27. The van der Waals surface area contributed by atoms with Crippen molar-refractivity contribution in [3.05, 3.63) is 22.5 Å². The Kier molecular flexibility index (Phi) is 2.70. The zero-order chi connectivity index (χ0) is 10.1. The highest BCUT2D eigenvalue weighted by Crippen LogP contribution is 2.41. The summed E-state index contributed by atoms with van der Waals surface area (Å²) < 4.78 is 36.0. The lowest BCUT2D eigenvalue weighted by molar-refractivity contribution is -0.133. The average molecular weight is 212 g/mol. The van der Waals surface area contributed by atoms with E-state index in [4.69, 9.17) is 5.11 Å². The van der Waals surface area contributed by atoms with E-state index < -0.39 is 28.6 Å². The Hall–Kier alpha value is -0.910. The molecular formula is C7H7F3O2S. The molecule has 0 aromatic rings. The van der Waals surface area contributed by atoms with Crippen LogP contribution in [0.3, 0.4) is 0 Å². The first-order valence-electron chi connectivity index (χ1n) is 3.34. The fourth-order valence-corrected chi connectivity index (χ4v) is 2.40. The van der Waals surface area contributed by atoms with Crippen molar-refractivity contribution < 1.29 is 23.1 Å². The molecule has 0 aromatic carbocycles. The maximum Gasteiger partial charge on any atom is 0.416 e. The van der Waals surface area contributed by atoms with Crippen LogP contribution in [0, 0.1) is 0 Å². The first-order valence-corrected chi connectivity index (χ1v) is 5.01. The number of aliphatic carboxylic acids is 1. The standard InChI is InChI=1S/C7H7F3O2S/c8-7(9,10)5-1-2-13(3-5)4-6(11)12/h1-3,13H,4H2,(H,11,12). The summed E-state index contributed by atoms with van der Waals surface area (Å²) >= 11 is 0. The van der Waals surface area contributed by atoms with Crippen LogP contribution in [-0.2, 0) is 4.79 Å². The van der Waals surface area contributed by atoms with Crippen molar-refractivity contribution in [3.8, 4) is 0 Å². The molecule has 1 heterocycles. The van der Waals surface area contributed by atoms with E-state index >= 15 is 0 Å². The molecule has 2 nitrogen and oxygen atoms in total. The molecule has 0 aromatic heterocycles. The number of alkyl halides is 3. The van der Waals surface area contributed by atoms with Crippen LogP contribution in [-0.4, -0.2) is 23.0 Å². The molecule has 0 fully saturated rings. The Morgan fingerprint density at radius 2 is 2.15 bits per heavy atom. The molecule has 0 bridgehead atoms. The predicted molar refractivity (Wildman–Crippen MR) is 44.8 cm³/mol. The highest BCUT2D eigenvalue weighted by Gasteiger charge is 2.34. The second-order valence-electron chi connectivity index (χ2n) is 2.46. The van der Waals surface area contributed by atoms with Gasteiger partial charge in [0.15, 0.2) is 0 Å². The van der Waals surface area contributed by atoms with Gasteiger partial charge in [-0.05, 0) is 16.9 Å². The molecule has 1 N–H and O–H groups in total. The molecule has 1 atom stereocenters. The van der Waals surface area contributed by atoms with Crippen molar-refractivity contribution in [1.82, 2.24) is 0 Å². The lowest BCUT2D eigenvalue weighted by Gasteiger charge is -2.06. The van der Waals surface area contributed by atoms with Crippen LogP contribution in [0.2, 0.25) is 0 Å². The Morgan fingerprint density at radius 3 is 2.54 bits per heavy atom. The van der Waals surface area contributed by atoms with Crippen molar-refractivity contribution in [2.45, 2.75) is 6.18 Å². The summed E-state index contributed by atoms with van der Waals surface area (Å²) in [7, 11) is -1.25. The first kappa shape index (κ1) is 10.2. The fraction of sp³-hybridized carbons (Fsp3) is 0.286. The summed E-state index contributed by atoms with van der Waals surface area (Å²) in [5.41, 5.74) is -0.736. The van der Waals surface area contributed by atoms with Crippen molar-refractivity contribution in [2.75, 3.05) is 5.75 Å². The monoisotopic (exact) mass is 212 g/mol. The molecular weight excluding hydrogens is 205 g/mol. The summed E-state index contributed by atoms with van der Waals surface area (Å²) in [5.74, 6) is -1.30. The smallest absolute Gasteiger partial charge is 0.416 e. The quantitative estimate of drug-likeness (QED) is 0.687. The zero-order valence-electron chi connectivity index (χ0n) is 6.38. The lowest BCUT2D eigenvalue weighted by atomic mass is 10.3. The summed E-state index contributed by atoms with van der Waals surface area (Å²) in [4.78, 5) is 10.2. The third kappa shape index (κ3) is 2.80. The van der Waals surface area contributed by atoms with E-state index in [0.717, 1.165) is 11.5 Å². The number of thiol groups is 1. The molecule has 0 saturated carbocycles. The molecule has 0 spiro atoms. The number of hydrogen-bond acceptors (Lipinski definition) is 1. The number of carboxylic acids is 1. The maximum atomic E-state index is 12.0. The number of carbonyl (C=O) groups is 1. The fourth-order valence-electron chi connectivity index (χ4n) is 0.863. The van der Waals surface area contributed by atoms with Gasteiger partial charge in [0, 0.05) is 0 Å². The van der Waals surface area contributed by atoms with Gasteiger partial charge < -0.3 is 5.11 Å². The van der Waals surface area contributed by atoms with E-state index in [1.54, 1.807) is 0 Å². The van der Waals surface area contributed by atoms with Gasteiger partial charge in [-0.3, -0.25) is 4.79 Å². The molecule has 0 amide bonds. The molecule has 0 aliphatic carbocycles. The van der Waals surface area contributed by atoms with E-state index in [-0.39, 0.29) is 5.75 Å². The molecule has 0 radical (unpaired) electrons. The topological polar surface area (TPSA) is 37.3 Å². The van der Waals surface area contributed by atoms with E-state index in [9.17, 15) is 18.0 Å². The molecule has 0 saturated heterocycles. The summed E-state index contributed by atoms with van der Waals surface area (Å²) in [5, 5.41) is 10.6. The normalized spacial score (nSPS) is 24.5. The molecule has 1 aliphatic rings. The second-order valence-corrected chi connectivity index (χ2v) is 4.37. The van der Waals surface area contributed by atoms with Crippen LogP contribution in [0.1, 0.15) is 0 Å². The number of halogens is 3. The third-order valence-electron chi connectivity index (χ3n) is 1.40. The van der Waals surface area contributed by atoms with Gasteiger partial charge in [-0.2, -0.15) is 13.2 Å². The van der Waals surface area contributed by atoms with Gasteiger partial charge in [-0.25, -0.2) is 10.9 Å². The summed E-state index contributed by atoms with van der Waals surface area (Å²) in [6.07, 6.45) is -3.42. The Bertz CT molecular complexity index is 280. The molecule has 1 aliphatic heterocycles. The van der Waals surface area contributed by atoms with Crippen LogP contribution < -0.4 is 0 Å². The minimum absolute atomic E-state index is 0.231. The van der Waals surface area contributed by atoms with Crippen LogP contribution in [0.25, 0.3) is 0 Å². The third-order valence-corrected chi connectivity index (χ3v) is 3.17. The van der Waals surface area contributed by atoms with Crippen LogP contribution >= 0.6 is 10.9 Å². The minimum atomic E-state index is -4.36. The predicted octanol–water partition coefficient (Wildman–Crippen LogP) is 2.05. The first-order chi connectivity index (χ1) is 5.89. The second kappa shape index (κ2) is 3.45. The highest BCUT2D eigenvalue weighted by atomic mass is 32.2. The Labute approximate surface area is 75.1 Å².